The van der Waals surface area contributed by atoms with Gasteiger partial charge in [-0.25, -0.2) is 4.39 Å². The number of hydrogen-bond acceptors (Lipinski definition) is 4. The van der Waals surface area contributed by atoms with Gasteiger partial charge in [0.05, 0.1) is 16.0 Å². The van der Waals surface area contributed by atoms with Crippen LogP contribution in [0.25, 0.3) is 0 Å². The highest BCUT2D eigenvalue weighted by Crippen LogP contribution is 2.34. The fraction of sp³-hybridized carbons (Fsp3) is 0.455. The minimum Gasteiger partial charge on any atom is -0.391 e. The zero-order chi connectivity index (χ0) is 13.3. The molecule has 5 nitrogen and oxygen atoms in total. The standard InChI is InChI=1S/C11H12ClFN2O3/c12-7-3-10(15(17)18)9(4-8(7)13)14-5-11(16)6-1-2-6/h3-4,6,11,14,16H,1-2,5H2. The van der Waals surface area contributed by atoms with E-state index in [1.165, 1.54) is 0 Å². The van der Waals surface area contributed by atoms with Gasteiger partial charge in [-0.3, -0.25) is 10.1 Å². The van der Waals surface area contributed by atoms with Gasteiger partial charge in [-0.15, -0.1) is 0 Å². The van der Waals surface area contributed by atoms with Gasteiger partial charge in [-0.1, -0.05) is 11.6 Å². The highest BCUT2D eigenvalue weighted by atomic mass is 35.5. The maximum atomic E-state index is 13.3. The van der Waals surface area contributed by atoms with Crippen molar-refractivity contribution in [2.45, 2.75) is 18.9 Å². The van der Waals surface area contributed by atoms with E-state index in [0.717, 1.165) is 25.0 Å². The zero-order valence-corrected chi connectivity index (χ0v) is 10.2. The van der Waals surface area contributed by atoms with Crippen molar-refractivity contribution in [1.29, 1.82) is 0 Å². The molecule has 1 saturated carbocycles. The summed E-state index contributed by atoms with van der Waals surface area (Å²) in [5.74, 6) is -0.487. The highest BCUT2D eigenvalue weighted by Gasteiger charge is 2.30. The number of anilines is 1. The van der Waals surface area contributed by atoms with Crippen LogP contribution in [0.1, 0.15) is 12.8 Å². The van der Waals surface area contributed by atoms with E-state index in [2.05, 4.69) is 5.32 Å². The Morgan fingerprint density at radius 2 is 2.28 bits per heavy atom. The van der Waals surface area contributed by atoms with E-state index in [9.17, 15) is 19.6 Å². The predicted molar refractivity (Wildman–Crippen MR) is 65.3 cm³/mol. The molecular weight excluding hydrogens is 263 g/mol. The Labute approximate surface area is 108 Å². The van der Waals surface area contributed by atoms with E-state index in [0.29, 0.717) is 0 Å². The van der Waals surface area contributed by atoms with Gasteiger partial charge >= 0.3 is 0 Å². The fourth-order valence-corrected chi connectivity index (χ4v) is 1.85. The molecule has 0 saturated heterocycles. The average Bonchev–Trinajstić information content (AvgIpc) is 3.13. The largest absolute Gasteiger partial charge is 0.391 e. The molecule has 2 rings (SSSR count). The number of rotatable bonds is 5. The Morgan fingerprint density at radius 1 is 1.61 bits per heavy atom. The summed E-state index contributed by atoms with van der Waals surface area (Å²) in [6.45, 7) is 0.159. The average molecular weight is 275 g/mol. The quantitative estimate of drug-likeness (QED) is 0.639. The number of aliphatic hydroxyl groups is 1. The van der Waals surface area contributed by atoms with Gasteiger partial charge in [0.2, 0.25) is 0 Å². The Bertz CT molecular complexity index is 480. The van der Waals surface area contributed by atoms with Crippen LogP contribution in [0.3, 0.4) is 0 Å². The highest BCUT2D eigenvalue weighted by molar-refractivity contribution is 6.31. The van der Waals surface area contributed by atoms with Crippen LogP contribution < -0.4 is 5.32 Å². The molecule has 0 bridgehead atoms. The van der Waals surface area contributed by atoms with Gasteiger partial charge in [0, 0.05) is 18.7 Å². The number of benzene rings is 1. The molecule has 1 aromatic carbocycles. The van der Waals surface area contributed by atoms with E-state index >= 15 is 0 Å². The molecular formula is C11H12ClFN2O3. The molecule has 0 amide bonds. The van der Waals surface area contributed by atoms with E-state index in [1.807, 2.05) is 0 Å². The van der Waals surface area contributed by atoms with Crippen molar-refractivity contribution in [2.75, 3.05) is 11.9 Å². The number of nitro groups is 1. The normalized spacial score (nSPS) is 16.4. The number of nitrogens with zero attached hydrogens (tertiary/aromatic N) is 1. The van der Waals surface area contributed by atoms with Crippen molar-refractivity contribution >= 4 is 23.0 Å². The van der Waals surface area contributed by atoms with Gasteiger partial charge in [0.25, 0.3) is 5.69 Å². The van der Waals surface area contributed by atoms with E-state index < -0.39 is 16.8 Å². The second kappa shape index (κ2) is 5.07. The number of halogens is 2. The first-order valence-corrected chi connectivity index (χ1v) is 5.92. The van der Waals surface area contributed by atoms with Crippen molar-refractivity contribution in [2.24, 2.45) is 5.92 Å². The van der Waals surface area contributed by atoms with Crippen LogP contribution in [0, 0.1) is 21.8 Å². The molecule has 0 spiro atoms. The third-order valence-electron chi connectivity index (χ3n) is 2.90. The molecule has 1 aliphatic rings. The van der Waals surface area contributed by atoms with Crippen LogP contribution in [-0.2, 0) is 0 Å². The van der Waals surface area contributed by atoms with Crippen molar-refractivity contribution < 1.29 is 14.4 Å². The second-order valence-corrected chi connectivity index (χ2v) is 4.73. The molecule has 98 valence electrons. The molecule has 1 fully saturated rings. The Kier molecular flexibility index (Phi) is 3.68. The predicted octanol–water partition coefficient (Wildman–Crippen LogP) is 2.57. The van der Waals surface area contributed by atoms with Crippen LogP contribution in [0.4, 0.5) is 15.8 Å². The number of hydrogen-bond donors (Lipinski definition) is 2. The molecule has 18 heavy (non-hydrogen) atoms. The van der Waals surface area contributed by atoms with Gasteiger partial charge in [-0.2, -0.15) is 0 Å². The third-order valence-corrected chi connectivity index (χ3v) is 3.19. The Morgan fingerprint density at radius 3 is 2.83 bits per heavy atom. The summed E-state index contributed by atoms with van der Waals surface area (Å²) in [5.41, 5.74) is -0.272. The molecule has 0 aromatic heterocycles. The van der Waals surface area contributed by atoms with E-state index in [4.69, 9.17) is 11.6 Å². The molecule has 0 heterocycles. The topological polar surface area (TPSA) is 75.4 Å². The van der Waals surface area contributed by atoms with Gasteiger partial charge in [0.15, 0.2) is 0 Å². The van der Waals surface area contributed by atoms with E-state index in [-0.39, 0.29) is 28.9 Å². The molecule has 1 aromatic rings. The monoisotopic (exact) mass is 274 g/mol. The summed E-state index contributed by atoms with van der Waals surface area (Å²) in [6, 6.07) is 1.93. The third kappa shape index (κ3) is 2.88. The lowest BCUT2D eigenvalue weighted by Crippen LogP contribution is -2.21. The molecule has 7 heteroatoms. The maximum absolute atomic E-state index is 13.3. The molecule has 1 atom stereocenters. The minimum atomic E-state index is -0.731. The van der Waals surface area contributed by atoms with Crippen molar-refractivity contribution in [3.8, 4) is 0 Å². The van der Waals surface area contributed by atoms with Crippen LogP contribution in [0.15, 0.2) is 12.1 Å². The molecule has 0 radical (unpaired) electrons. The van der Waals surface area contributed by atoms with E-state index in [1.54, 1.807) is 0 Å². The van der Waals surface area contributed by atoms with Crippen molar-refractivity contribution in [3.63, 3.8) is 0 Å². The second-order valence-electron chi connectivity index (χ2n) is 4.33. The van der Waals surface area contributed by atoms with Crippen LogP contribution >= 0.6 is 11.6 Å². The summed E-state index contributed by atoms with van der Waals surface area (Å²) in [5, 5.41) is 22.8. The van der Waals surface area contributed by atoms with Crippen LogP contribution in [-0.4, -0.2) is 22.7 Å². The summed E-state index contributed by atoms with van der Waals surface area (Å²) < 4.78 is 13.3. The maximum Gasteiger partial charge on any atom is 0.294 e. The lowest BCUT2D eigenvalue weighted by molar-refractivity contribution is -0.384. The van der Waals surface area contributed by atoms with Crippen molar-refractivity contribution in [3.05, 3.63) is 33.1 Å². The first-order chi connectivity index (χ1) is 8.49. The Hall–Kier alpha value is -1.40. The number of nitro benzene ring substituents is 1. The Balaban J connectivity index is 2.14. The summed E-state index contributed by atoms with van der Waals surface area (Å²) in [6.07, 6.45) is 1.35. The smallest absolute Gasteiger partial charge is 0.294 e. The van der Waals surface area contributed by atoms with Gasteiger partial charge in [-0.05, 0) is 18.8 Å². The van der Waals surface area contributed by atoms with Gasteiger partial charge < -0.3 is 10.4 Å². The molecule has 1 unspecified atom stereocenters. The summed E-state index contributed by atoms with van der Waals surface area (Å²) in [7, 11) is 0. The lowest BCUT2D eigenvalue weighted by Gasteiger charge is -2.12. The SMILES string of the molecule is O=[N+]([O-])c1cc(Cl)c(F)cc1NCC(O)C1CC1. The lowest BCUT2D eigenvalue weighted by atomic mass is 10.2. The molecule has 1 aliphatic carbocycles. The fourth-order valence-electron chi connectivity index (χ4n) is 1.69. The minimum absolute atomic E-state index is 0.0293. The summed E-state index contributed by atoms with van der Waals surface area (Å²) in [4.78, 5) is 10.2. The van der Waals surface area contributed by atoms with Gasteiger partial charge in [0.1, 0.15) is 11.5 Å². The zero-order valence-electron chi connectivity index (χ0n) is 9.40. The number of aliphatic hydroxyl groups excluding tert-OH is 1. The summed E-state index contributed by atoms with van der Waals surface area (Å²) >= 11 is 5.50. The van der Waals surface area contributed by atoms with Crippen LogP contribution in [0.5, 0.6) is 0 Å². The molecule has 0 aliphatic heterocycles. The number of nitrogens with one attached hydrogen (secondary N) is 1. The molecule has 2 N–H and O–H groups in total. The first-order valence-electron chi connectivity index (χ1n) is 5.54. The van der Waals surface area contributed by atoms with Crippen LogP contribution in [0.2, 0.25) is 5.02 Å². The first kappa shape index (κ1) is 13.0. The van der Waals surface area contributed by atoms with Crippen molar-refractivity contribution in [1.82, 2.24) is 0 Å².